The van der Waals surface area contributed by atoms with Crippen LogP contribution in [-0.4, -0.2) is 34.7 Å². The highest BCUT2D eigenvalue weighted by Gasteiger charge is 2.11. The SMILES string of the molecule is c1cc(CN2CCSCC2)no1. The Bertz CT molecular complexity index is 219. The fourth-order valence-electron chi connectivity index (χ4n) is 1.31. The zero-order valence-corrected chi connectivity index (χ0v) is 7.72. The van der Waals surface area contributed by atoms with Crippen LogP contribution in [0.2, 0.25) is 0 Å². The molecule has 0 N–H and O–H groups in total. The van der Waals surface area contributed by atoms with E-state index in [1.165, 1.54) is 24.6 Å². The van der Waals surface area contributed by atoms with Gasteiger partial charge in [-0.3, -0.25) is 4.90 Å². The van der Waals surface area contributed by atoms with Crippen molar-refractivity contribution in [3.63, 3.8) is 0 Å². The first-order valence-electron chi connectivity index (χ1n) is 4.14. The second kappa shape index (κ2) is 3.96. The van der Waals surface area contributed by atoms with Crippen molar-refractivity contribution in [2.75, 3.05) is 24.6 Å². The van der Waals surface area contributed by atoms with Crippen LogP contribution in [0.4, 0.5) is 0 Å². The molecule has 1 fully saturated rings. The van der Waals surface area contributed by atoms with Crippen LogP contribution >= 0.6 is 11.8 Å². The van der Waals surface area contributed by atoms with Gasteiger partial charge >= 0.3 is 0 Å². The largest absolute Gasteiger partial charge is 0.364 e. The fraction of sp³-hybridized carbons (Fsp3) is 0.625. The van der Waals surface area contributed by atoms with Crippen molar-refractivity contribution in [3.05, 3.63) is 18.0 Å². The minimum absolute atomic E-state index is 0.942. The summed E-state index contributed by atoms with van der Waals surface area (Å²) >= 11 is 2.03. The van der Waals surface area contributed by atoms with Crippen LogP contribution in [0.5, 0.6) is 0 Å². The van der Waals surface area contributed by atoms with Gasteiger partial charge in [0.15, 0.2) is 0 Å². The molecule has 4 heteroatoms. The second-order valence-electron chi connectivity index (χ2n) is 2.88. The quantitative estimate of drug-likeness (QED) is 0.691. The summed E-state index contributed by atoms with van der Waals surface area (Å²) in [6.45, 7) is 3.30. The first kappa shape index (κ1) is 8.13. The minimum atomic E-state index is 0.942. The molecular formula is C8H12N2OS. The number of aromatic nitrogens is 1. The topological polar surface area (TPSA) is 29.3 Å². The number of hydrogen-bond acceptors (Lipinski definition) is 4. The van der Waals surface area contributed by atoms with Crippen molar-refractivity contribution in [1.82, 2.24) is 10.1 Å². The van der Waals surface area contributed by atoms with Crippen molar-refractivity contribution in [2.45, 2.75) is 6.54 Å². The van der Waals surface area contributed by atoms with E-state index in [9.17, 15) is 0 Å². The Morgan fingerprint density at radius 3 is 3.00 bits per heavy atom. The summed E-state index contributed by atoms with van der Waals surface area (Å²) in [5, 5.41) is 3.89. The molecule has 0 aromatic carbocycles. The Kier molecular flexibility index (Phi) is 2.68. The first-order chi connectivity index (χ1) is 5.95. The zero-order valence-electron chi connectivity index (χ0n) is 6.90. The third-order valence-electron chi connectivity index (χ3n) is 1.98. The molecule has 0 aliphatic carbocycles. The molecular weight excluding hydrogens is 172 g/mol. The van der Waals surface area contributed by atoms with E-state index in [1.807, 2.05) is 17.8 Å². The lowest BCUT2D eigenvalue weighted by atomic mass is 10.4. The van der Waals surface area contributed by atoms with Crippen LogP contribution in [0.25, 0.3) is 0 Å². The lowest BCUT2D eigenvalue weighted by Crippen LogP contribution is -2.32. The van der Waals surface area contributed by atoms with Crippen molar-refractivity contribution in [3.8, 4) is 0 Å². The third-order valence-corrected chi connectivity index (χ3v) is 2.92. The van der Waals surface area contributed by atoms with E-state index in [0.29, 0.717) is 0 Å². The van der Waals surface area contributed by atoms with E-state index < -0.39 is 0 Å². The number of thioether (sulfide) groups is 1. The second-order valence-corrected chi connectivity index (χ2v) is 4.10. The van der Waals surface area contributed by atoms with Gasteiger partial charge in [-0.25, -0.2) is 0 Å². The summed E-state index contributed by atoms with van der Waals surface area (Å²) in [6, 6.07) is 1.93. The van der Waals surface area contributed by atoms with Gasteiger partial charge in [0, 0.05) is 37.2 Å². The highest BCUT2D eigenvalue weighted by atomic mass is 32.2. The maximum Gasteiger partial charge on any atom is 0.124 e. The average Bonchev–Trinajstić information content (AvgIpc) is 2.59. The number of rotatable bonds is 2. The molecule has 66 valence electrons. The maximum atomic E-state index is 4.77. The van der Waals surface area contributed by atoms with Crippen LogP contribution in [-0.2, 0) is 6.54 Å². The van der Waals surface area contributed by atoms with E-state index in [2.05, 4.69) is 10.1 Å². The Hall–Kier alpha value is -0.480. The van der Waals surface area contributed by atoms with Gasteiger partial charge in [0.2, 0.25) is 0 Å². The molecule has 1 aromatic rings. The molecule has 2 heterocycles. The molecule has 0 saturated carbocycles. The molecule has 0 bridgehead atoms. The van der Waals surface area contributed by atoms with E-state index in [0.717, 1.165) is 12.2 Å². The maximum absolute atomic E-state index is 4.77. The molecule has 1 aliphatic heterocycles. The number of hydrogen-bond donors (Lipinski definition) is 0. The van der Waals surface area contributed by atoms with Crippen molar-refractivity contribution in [2.24, 2.45) is 0 Å². The van der Waals surface area contributed by atoms with Crippen LogP contribution < -0.4 is 0 Å². The summed E-state index contributed by atoms with van der Waals surface area (Å²) in [4.78, 5) is 2.41. The monoisotopic (exact) mass is 184 g/mol. The Morgan fingerprint density at radius 1 is 1.50 bits per heavy atom. The third kappa shape index (κ3) is 2.01. The lowest BCUT2D eigenvalue weighted by Gasteiger charge is -2.24. The molecule has 0 spiro atoms. The summed E-state index contributed by atoms with van der Waals surface area (Å²) < 4.78 is 4.77. The van der Waals surface area contributed by atoms with Gasteiger partial charge in [0.1, 0.15) is 6.26 Å². The molecule has 0 radical (unpaired) electrons. The van der Waals surface area contributed by atoms with Crippen molar-refractivity contribution >= 4 is 11.8 Å². The zero-order chi connectivity index (χ0) is 8.23. The van der Waals surface area contributed by atoms with E-state index >= 15 is 0 Å². The van der Waals surface area contributed by atoms with Crippen LogP contribution in [0.15, 0.2) is 16.9 Å². The molecule has 0 amide bonds. The van der Waals surface area contributed by atoms with E-state index in [-0.39, 0.29) is 0 Å². The molecule has 12 heavy (non-hydrogen) atoms. The highest BCUT2D eigenvalue weighted by molar-refractivity contribution is 7.99. The van der Waals surface area contributed by atoms with Gasteiger partial charge in [-0.1, -0.05) is 5.16 Å². The summed E-state index contributed by atoms with van der Waals surface area (Å²) in [5.74, 6) is 2.50. The van der Waals surface area contributed by atoms with Crippen LogP contribution in [0.1, 0.15) is 5.69 Å². The van der Waals surface area contributed by atoms with E-state index in [1.54, 1.807) is 6.26 Å². The van der Waals surface area contributed by atoms with Gasteiger partial charge in [-0.05, 0) is 0 Å². The summed E-state index contributed by atoms with van der Waals surface area (Å²) in [6.07, 6.45) is 1.63. The van der Waals surface area contributed by atoms with Crippen LogP contribution in [0.3, 0.4) is 0 Å². The lowest BCUT2D eigenvalue weighted by molar-refractivity contribution is 0.282. The summed E-state index contributed by atoms with van der Waals surface area (Å²) in [7, 11) is 0. The summed E-state index contributed by atoms with van der Waals surface area (Å²) in [5.41, 5.74) is 1.04. The molecule has 3 nitrogen and oxygen atoms in total. The van der Waals surface area contributed by atoms with Gasteiger partial charge in [0.25, 0.3) is 0 Å². The predicted molar refractivity (Wildman–Crippen MR) is 49.1 cm³/mol. The number of nitrogens with zero attached hydrogens (tertiary/aromatic N) is 2. The van der Waals surface area contributed by atoms with Gasteiger partial charge in [-0.2, -0.15) is 11.8 Å². The van der Waals surface area contributed by atoms with E-state index in [4.69, 9.17) is 4.52 Å². The predicted octanol–water partition coefficient (Wildman–Crippen LogP) is 1.22. The van der Waals surface area contributed by atoms with Gasteiger partial charge in [0.05, 0.1) is 5.69 Å². The molecule has 1 aromatic heterocycles. The van der Waals surface area contributed by atoms with Crippen molar-refractivity contribution in [1.29, 1.82) is 0 Å². The molecule has 1 aliphatic rings. The first-order valence-corrected chi connectivity index (χ1v) is 5.30. The van der Waals surface area contributed by atoms with Gasteiger partial charge in [-0.15, -0.1) is 0 Å². The Morgan fingerprint density at radius 2 is 2.33 bits per heavy atom. The molecule has 0 atom stereocenters. The smallest absolute Gasteiger partial charge is 0.124 e. The molecule has 2 rings (SSSR count). The fourth-order valence-corrected chi connectivity index (χ4v) is 2.29. The van der Waals surface area contributed by atoms with Crippen LogP contribution in [0, 0.1) is 0 Å². The normalized spacial score (nSPS) is 19.7. The van der Waals surface area contributed by atoms with Crippen molar-refractivity contribution < 1.29 is 4.52 Å². The standard InChI is InChI=1S/C8H12N2OS/c1-4-11-9-8(1)7-10-2-5-12-6-3-10/h1,4H,2-3,5-7H2. The Labute approximate surface area is 76.1 Å². The molecule has 0 unspecified atom stereocenters. The van der Waals surface area contributed by atoms with Gasteiger partial charge < -0.3 is 4.52 Å². The Balaban J connectivity index is 1.86. The average molecular weight is 184 g/mol. The molecule has 1 saturated heterocycles. The minimum Gasteiger partial charge on any atom is -0.364 e. The highest BCUT2D eigenvalue weighted by Crippen LogP contribution is 2.11.